The van der Waals surface area contributed by atoms with Crippen molar-refractivity contribution in [2.75, 3.05) is 19.0 Å². The van der Waals surface area contributed by atoms with Crippen LogP contribution < -0.4 is 10.1 Å². The van der Waals surface area contributed by atoms with Crippen molar-refractivity contribution in [3.63, 3.8) is 0 Å². The number of hydrogen-bond donors (Lipinski definition) is 1. The molecule has 0 bridgehead atoms. The molecular weight excluding hydrogens is 350 g/mol. The fourth-order valence-corrected chi connectivity index (χ4v) is 3.65. The molecular formula is C19H23N3O5. The Morgan fingerprint density at radius 1 is 1.11 bits per heavy atom. The third kappa shape index (κ3) is 3.79. The third-order valence-electron chi connectivity index (χ3n) is 5.16. The van der Waals surface area contributed by atoms with Gasteiger partial charge in [0.15, 0.2) is 0 Å². The number of rotatable bonds is 5. The Balaban J connectivity index is 1.67. The van der Waals surface area contributed by atoms with Crippen LogP contribution in [0.3, 0.4) is 0 Å². The van der Waals surface area contributed by atoms with Gasteiger partial charge in [-0.15, -0.1) is 0 Å². The van der Waals surface area contributed by atoms with Gasteiger partial charge in [-0.1, -0.05) is 19.8 Å². The number of nitrogens with zero attached hydrogens (tertiary/aromatic N) is 2. The molecule has 2 fully saturated rings. The van der Waals surface area contributed by atoms with Gasteiger partial charge in [-0.25, -0.2) is 9.69 Å². The standard InChI is InChI=1S/C19H23N3O5/c1-12-5-3-4-6-15(12)22-18(25)17(24)21(19(22)26)11-16(23)20-13-7-9-14(27-2)10-8-13/h7-10,12,15H,3-6,11H2,1-2H3,(H,20,23)/t12-,15-/m0/s1. The summed E-state index contributed by atoms with van der Waals surface area (Å²) in [6.07, 6.45) is 3.57. The number of hydrogen-bond acceptors (Lipinski definition) is 5. The highest BCUT2D eigenvalue weighted by Gasteiger charge is 2.49. The summed E-state index contributed by atoms with van der Waals surface area (Å²) in [4.78, 5) is 51.3. The van der Waals surface area contributed by atoms with E-state index in [1.54, 1.807) is 24.3 Å². The van der Waals surface area contributed by atoms with Gasteiger partial charge in [0.25, 0.3) is 0 Å². The second-order valence-corrected chi connectivity index (χ2v) is 6.95. The van der Waals surface area contributed by atoms with E-state index >= 15 is 0 Å². The minimum atomic E-state index is -0.942. The highest BCUT2D eigenvalue weighted by atomic mass is 16.5. The van der Waals surface area contributed by atoms with Crippen LogP contribution in [0.15, 0.2) is 24.3 Å². The molecule has 5 amide bonds. The molecule has 0 aromatic heterocycles. The number of anilines is 1. The predicted octanol–water partition coefficient (Wildman–Crippen LogP) is 2.00. The first-order valence-corrected chi connectivity index (χ1v) is 9.05. The van der Waals surface area contributed by atoms with E-state index in [9.17, 15) is 19.2 Å². The van der Waals surface area contributed by atoms with E-state index in [0.717, 1.165) is 29.1 Å². The number of imide groups is 2. The second kappa shape index (κ2) is 7.77. The van der Waals surface area contributed by atoms with Crippen molar-refractivity contribution in [1.29, 1.82) is 0 Å². The molecule has 1 aromatic carbocycles. The number of amides is 5. The minimum absolute atomic E-state index is 0.146. The SMILES string of the molecule is COc1ccc(NC(=O)CN2C(=O)C(=O)N([C@H]3CCCC[C@@H]3C)C2=O)cc1. The number of carbonyl (C=O) groups excluding carboxylic acids is 4. The monoisotopic (exact) mass is 373 g/mol. The minimum Gasteiger partial charge on any atom is -0.497 e. The lowest BCUT2D eigenvalue weighted by Gasteiger charge is -2.34. The van der Waals surface area contributed by atoms with Crippen molar-refractivity contribution in [2.24, 2.45) is 5.92 Å². The third-order valence-corrected chi connectivity index (χ3v) is 5.16. The second-order valence-electron chi connectivity index (χ2n) is 6.95. The van der Waals surface area contributed by atoms with Crippen molar-refractivity contribution in [3.8, 4) is 5.75 Å². The molecule has 144 valence electrons. The molecule has 1 N–H and O–H groups in total. The zero-order valence-corrected chi connectivity index (χ0v) is 15.4. The topological polar surface area (TPSA) is 96.0 Å². The Morgan fingerprint density at radius 2 is 1.78 bits per heavy atom. The van der Waals surface area contributed by atoms with E-state index in [1.807, 2.05) is 6.92 Å². The van der Waals surface area contributed by atoms with Crippen LogP contribution in [0.1, 0.15) is 32.6 Å². The summed E-state index contributed by atoms with van der Waals surface area (Å²) >= 11 is 0. The highest BCUT2D eigenvalue weighted by Crippen LogP contribution is 2.31. The Bertz CT molecular complexity index is 761. The van der Waals surface area contributed by atoms with Gasteiger partial charge in [0, 0.05) is 11.7 Å². The lowest BCUT2D eigenvalue weighted by atomic mass is 9.85. The van der Waals surface area contributed by atoms with Gasteiger partial charge in [0.05, 0.1) is 7.11 Å². The summed E-state index contributed by atoms with van der Waals surface area (Å²) in [6, 6.07) is 5.66. The number of methoxy groups -OCH3 is 1. The normalized spacial score (nSPS) is 23.0. The van der Waals surface area contributed by atoms with Gasteiger partial charge >= 0.3 is 17.8 Å². The maximum absolute atomic E-state index is 12.7. The van der Waals surface area contributed by atoms with E-state index in [1.165, 1.54) is 7.11 Å². The molecule has 1 aliphatic carbocycles. The average Bonchev–Trinajstić information content (AvgIpc) is 2.86. The number of benzene rings is 1. The van der Waals surface area contributed by atoms with E-state index in [4.69, 9.17) is 4.74 Å². The molecule has 1 aliphatic heterocycles. The highest BCUT2D eigenvalue weighted by molar-refractivity contribution is 6.45. The Hall–Kier alpha value is -2.90. The molecule has 3 rings (SSSR count). The molecule has 1 aromatic rings. The Morgan fingerprint density at radius 3 is 2.41 bits per heavy atom. The number of ether oxygens (including phenoxy) is 1. The van der Waals surface area contributed by atoms with Crippen molar-refractivity contribution >= 4 is 29.4 Å². The smallest absolute Gasteiger partial charge is 0.334 e. The molecule has 2 aliphatic rings. The quantitative estimate of drug-likeness (QED) is 0.629. The molecule has 27 heavy (non-hydrogen) atoms. The molecule has 0 spiro atoms. The molecule has 1 heterocycles. The summed E-state index contributed by atoms with van der Waals surface area (Å²) < 4.78 is 5.05. The summed E-state index contributed by atoms with van der Waals surface area (Å²) in [5.74, 6) is -1.54. The van der Waals surface area contributed by atoms with Crippen LogP contribution in [0.4, 0.5) is 10.5 Å². The number of nitrogens with one attached hydrogen (secondary N) is 1. The summed E-state index contributed by atoms with van der Waals surface area (Å²) in [5, 5.41) is 2.61. The van der Waals surface area contributed by atoms with Crippen LogP contribution in [-0.4, -0.2) is 53.2 Å². The molecule has 0 unspecified atom stereocenters. The van der Waals surface area contributed by atoms with Gasteiger partial charge in [-0.2, -0.15) is 0 Å². The van der Waals surface area contributed by atoms with Gasteiger partial charge in [-0.05, 0) is 43.0 Å². The van der Waals surface area contributed by atoms with E-state index in [-0.39, 0.29) is 12.0 Å². The zero-order valence-electron chi connectivity index (χ0n) is 15.4. The van der Waals surface area contributed by atoms with Crippen molar-refractivity contribution in [2.45, 2.75) is 38.6 Å². The van der Waals surface area contributed by atoms with Gasteiger partial charge < -0.3 is 10.1 Å². The Kier molecular flexibility index (Phi) is 5.43. The van der Waals surface area contributed by atoms with Gasteiger partial charge in [0.1, 0.15) is 12.3 Å². The van der Waals surface area contributed by atoms with E-state index in [2.05, 4.69) is 5.32 Å². The fourth-order valence-electron chi connectivity index (χ4n) is 3.65. The molecule has 1 saturated carbocycles. The maximum atomic E-state index is 12.7. The summed E-state index contributed by atoms with van der Waals surface area (Å²) in [6.45, 7) is 1.49. The molecule has 1 saturated heterocycles. The van der Waals surface area contributed by atoms with Gasteiger partial charge in [-0.3, -0.25) is 19.3 Å². The summed E-state index contributed by atoms with van der Waals surface area (Å²) in [7, 11) is 1.54. The zero-order chi connectivity index (χ0) is 19.6. The molecule has 2 atom stereocenters. The van der Waals surface area contributed by atoms with Crippen LogP contribution >= 0.6 is 0 Å². The maximum Gasteiger partial charge on any atom is 0.334 e. The van der Waals surface area contributed by atoms with Crippen LogP contribution in [0.2, 0.25) is 0 Å². The average molecular weight is 373 g/mol. The van der Waals surface area contributed by atoms with Crippen LogP contribution in [-0.2, 0) is 14.4 Å². The van der Waals surface area contributed by atoms with Crippen LogP contribution in [0.5, 0.6) is 5.75 Å². The Labute approximate surface area is 157 Å². The molecule has 8 heteroatoms. The van der Waals surface area contributed by atoms with Crippen LogP contribution in [0, 0.1) is 5.92 Å². The first-order chi connectivity index (χ1) is 12.9. The molecule has 0 radical (unpaired) electrons. The molecule has 8 nitrogen and oxygen atoms in total. The number of carbonyl (C=O) groups is 4. The van der Waals surface area contributed by atoms with Gasteiger partial charge in [0.2, 0.25) is 5.91 Å². The number of urea groups is 1. The fraction of sp³-hybridized carbons (Fsp3) is 0.474. The lowest BCUT2D eigenvalue weighted by molar-refractivity contribution is -0.145. The van der Waals surface area contributed by atoms with Crippen LogP contribution in [0.25, 0.3) is 0 Å². The first-order valence-electron chi connectivity index (χ1n) is 9.05. The predicted molar refractivity (Wildman–Crippen MR) is 97.0 cm³/mol. The van der Waals surface area contributed by atoms with Crippen molar-refractivity contribution in [3.05, 3.63) is 24.3 Å². The van der Waals surface area contributed by atoms with Crippen molar-refractivity contribution in [1.82, 2.24) is 9.80 Å². The lowest BCUT2D eigenvalue weighted by Crippen LogP contribution is -2.46. The first kappa shape index (κ1) is 18.9. The largest absolute Gasteiger partial charge is 0.497 e. The summed E-state index contributed by atoms with van der Waals surface area (Å²) in [5.41, 5.74) is 0.504. The van der Waals surface area contributed by atoms with Crippen molar-refractivity contribution < 1.29 is 23.9 Å². The van der Waals surface area contributed by atoms with E-state index in [0.29, 0.717) is 17.9 Å². The van der Waals surface area contributed by atoms with E-state index < -0.39 is 30.3 Å².